The standard InChI is InChI=1S/C22H19Cl2FN2O3/c1-12-10-26(11-13(2)30-12)20-19(14-3-6-16(25)7-4-14)21(28)27(22(20)29)18-9-15(23)5-8-17(18)24/h3-9,12-13H,10-11H2,1-2H3. The molecule has 0 aromatic heterocycles. The molecule has 0 N–H and O–H groups in total. The van der Waals surface area contributed by atoms with Gasteiger partial charge in [0.25, 0.3) is 11.8 Å². The van der Waals surface area contributed by atoms with Crippen molar-refractivity contribution < 1.29 is 18.7 Å². The van der Waals surface area contributed by atoms with E-state index in [-0.39, 0.29) is 34.2 Å². The summed E-state index contributed by atoms with van der Waals surface area (Å²) in [5.41, 5.74) is 1.13. The number of rotatable bonds is 3. The highest BCUT2D eigenvalue weighted by atomic mass is 35.5. The van der Waals surface area contributed by atoms with Gasteiger partial charge in [0.2, 0.25) is 0 Å². The van der Waals surface area contributed by atoms with Crippen LogP contribution in [-0.4, -0.2) is 42.0 Å². The molecule has 0 saturated carbocycles. The molecule has 2 aromatic carbocycles. The summed E-state index contributed by atoms with van der Waals surface area (Å²) >= 11 is 12.4. The maximum atomic E-state index is 13.5. The number of ether oxygens (including phenoxy) is 1. The number of hydrogen-bond acceptors (Lipinski definition) is 4. The predicted molar refractivity (Wildman–Crippen MR) is 114 cm³/mol. The van der Waals surface area contributed by atoms with Crippen molar-refractivity contribution in [2.75, 3.05) is 18.0 Å². The van der Waals surface area contributed by atoms with Gasteiger partial charge in [-0.15, -0.1) is 0 Å². The summed E-state index contributed by atoms with van der Waals surface area (Å²) in [6, 6.07) is 10.1. The lowest BCUT2D eigenvalue weighted by Crippen LogP contribution is -2.47. The van der Waals surface area contributed by atoms with Crippen LogP contribution in [0, 0.1) is 5.82 Å². The molecule has 2 aromatic rings. The van der Waals surface area contributed by atoms with Gasteiger partial charge in [-0.3, -0.25) is 9.59 Å². The van der Waals surface area contributed by atoms with E-state index in [0.29, 0.717) is 23.7 Å². The minimum Gasteiger partial charge on any atom is -0.372 e. The summed E-state index contributed by atoms with van der Waals surface area (Å²) in [7, 11) is 0. The second-order valence-corrected chi connectivity index (χ2v) is 8.28. The van der Waals surface area contributed by atoms with Gasteiger partial charge in [-0.2, -0.15) is 0 Å². The Bertz CT molecular complexity index is 1040. The molecule has 2 heterocycles. The molecule has 2 amide bonds. The number of carbonyl (C=O) groups excluding carboxylic acids is 2. The molecule has 8 heteroatoms. The number of benzene rings is 2. The Balaban J connectivity index is 1.86. The fraction of sp³-hybridized carbons (Fsp3) is 0.273. The number of anilines is 1. The van der Waals surface area contributed by atoms with Crippen LogP contribution in [0.2, 0.25) is 10.0 Å². The molecule has 0 spiro atoms. The smallest absolute Gasteiger partial charge is 0.282 e. The predicted octanol–water partition coefficient (Wildman–Crippen LogP) is 4.53. The first-order valence-electron chi connectivity index (χ1n) is 9.50. The van der Waals surface area contributed by atoms with Crippen molar-refractivity contribution in [2.45, 2.75) is 26.1 Å². The van der Waals surface area contributed by atoms with E-state index in [1.165, 1.54) is 36.4 Å². The Labute approximate surface area is 183 Å². The Morgan fingerprint density at radius 1 is 0.967 bits per heavy atom. The Morgan fingerprint density at radius 2 is 1.60 bits per heavy atom. The molecule has 5 nitrogen and oxygen atoms in total. The van der Waals surface area contributed by atoms with Gasteiger partial charge in [0.05, 0.1) is 28.5 Å². The summed E-state index contributed by atoms with van der Waals surface area (Å²) < 4.78 is 19.3. The molecule has 1 fully saturated rings. The SMILES string of the molecule is CC1CN(C2=C(c3ccc(F)cc3)C(=O)N(c3cc(Cl)ccc3Cl)C2=O)CC(C)O1. The average Bonchev–Trinajstić information content (AvgIpc) is 2.94. The minimum absolute atomic E-state index is 0.123. The van der Waals surface area contributed by atoms with Gasteiger partial charge in [-0.05, 0) is 49.7 Å². The molecule has 2 aliphatic heterocycles. The largest absolute Gasteiger partial charge is 0.372 e. The molecule has 156 valence electrons. The molecule has 0 radical (unpaired) electrons. The van der Waals surface area contributed by atoms with Crippen LogP contribution < -0.4 is 4.90 Å². The summed E-state index contributed by atoms with van der Waals surface area (Å²) in [4.78, 5) is 29.9. The average molecular weight is 449 g/mol. The number of hydrogen-bond donors (Lipinski definition) is 0. The van der Waals surface area contributed by atoms with Crippen molar-refractivity contribution in [3.63, 3.8) is 0 Å². The number of morpholine rings is 1. The highest BCUT2D eigenvalue weighted by molar-refractivity contribution is 6.47. The molecule has 2 aliphatic rings. The van der Waals surface area contributed by atoms with E-state index in [0.717, 1.165) is 4.90 Å². The zero-order chi connectivity index (χ0) is 21.6. The summed E-state index contributed by atoms with van der Waals surface area (Å²) in [5.74, 6) is -1.46. The van der Waals surface area contributed by atoms with E-state index < -0.39 is 17.6 Å². The van der Waals surface area contributed by atoms with Crippen LogP contribution in [0.1, 0.15) is 19.4 Å². The summed E-state index contributed by atoms with van der Waals surface area (Å²) in [5, 5.41) is 0.574. The third-order valence-corrected chi connectivity index (χ3v) is 5.63. The molecule has 2 unspecified atom stereocenters. The first-order valence-corrected chi connectivity index (χ1v) is 10.3. The molecular weight excluding hydrogens is 430 g/mol. The number of halogens is 3. The van der Waals surface area contributed by atoms with Gasteiger partial charge < -0.3 is 9.64 Å². The van der Waals surface area contributed by atoms with E-state index in [1.54, 1.807) is 6.07 Å². The number of amides is 2. The topological polar surface area (TPSA) is 49.9 Å². The fourth-order valence-electron chi connectivity index (χ4n) is 3.92. The van der Waals surface area contributed by atoms with Gasteiger partial charge >= 0.3 is 0 Å². The summed E-state index contributed by atoms with van der Waals surface area (Å²) in [6.07, 6.45) is -0.246. The Kier molecular flexibility index (Phi) is 5.57. The quantitative estimate of drug-likeness (QED) is 0.647. The first-order chi connectivity index (χ1) is 14.3. The number of nitrogens with zero attached hydrogens (tertiary/aromatic N) is 2. The normalized spacial score (nSPS) is 22.3. The molecular formula is C22H19Cl2FN2O3. The third kappa shape index (κ3) is 3.71. The maximum absolute atomic E-state index is 13.5. The molecule has 0 aliphatic carbocycles. The van der Waals surface area contributed by atoms with Crippen LogP contribution in [0.15, 0.2) is 48.2 Å². The first kappa shape index (κ1) is 20.8. The molecule has 2 atom stereocenters. The monoisotopic (exact) mass is 448 g/mol. The third-order valence-electron chi connectivity index (χ3n) is 5.08. The van der Waals surface area contributed by atoms with E-state index >= 15 is 0 Å². The minimum atomic E-state index is -0.530. The molecule has 0 bridgehead atoms. The van der Waals surface area contributed by atoms with Crippen LogP contribution in [-0.2, 0) is 14.3 Å². The van der Waals surface area contributed by atoms with E-state index in [9.17, 15) is 14.0 Å². The van der Waals surface area contributed by atoms with Crippen molar-refractivity contribution in [3.05, 3.63) is 69.6 Å². The van der Waals surface area contributed by atoms with Crippen molar-refractivity contribution >= 4 is 46.3 Å². The van der Waals surface area contributed by atoms with E-state index in [1.807, 2.05) is 18.7 Å². The fourth-order valence-corrected chi connectivity index (χ4v) is 4.29. The van der Waals surface area contributed by atoms with Crippen LogP contribution in [0.5, 0.6) is 0 Å². The second-order valence-electron chi connectivity index (χ2n) is 7.43. The van der Waals surface area contributed by atoms with Crippen molar-refractivity contribution in [1.29, 1.82) is 0 Å². The van der Waals surface area contributed by atoms with Crippen LogP contribution in [0.25, 0.3) is 5.57 Å². The summed E-state index contributed by atoms with van der Waals surface area (Å²) in [6.45, 7) is 4.71. The molecule has 30 heavy (non-hydrogen) atoms. The lowest BCUT2D eigenvalue weighted by atomic mass is 10.0. The van der Waals surface area contributed by atoms with Crippen molar-refractivity contribution in [2.24, 2.45) is 0 Å². The van der Waals surface area contributed by atoms with Gasteiger partial charge in [0.15, 0.2) is 0 Å². The van der Waals surface area contributed by atoms with Gasteiger partial charge in [-0.25, -0.2) is 9.29 Å². The van der Waals surface area contributed by atoms with Crippen LogP contribution in [0.3, 0.4) is 0 Å². The van der Waals surface area contributed by atoms with Gasteiger partial charge in [0.1, 0.15) is 11.5 Å². The van der Waals surface area contributed by atoms with Crippen molar-refractivity contribution in [3.8, 4) is 0 Å². The van der Waals surface area contributed by atoms with Crippen LogP contribution >= 0.6 is 23.2 Å². The Morgan fingerprint density at radius 3 is 2.23 bits per heavy atom. The maximum Gasteiger partial charge on any atom is 0.282 e. The van der Waals surface area contributed by atoms with E-state index in [2.05, 4.69) is 0 Å². The zero-order valence-electron chi connectivity index (χ0n) is 16.4. The molecule has 4 rings (SSSR count). The Hall–Kier alpha value is -2.41. The van der Waals surface area contributed by atoms with E-state index in [4.69, 9.17) is 27.9 Å². The van der Waals surface area contributed by atoms with Gasteiger partial charge in [0, 0.05) is 18.1 Å². The lowest BCUT2D eigenvalue weighted by molar-refractivity contribution is -0.121. The highest BCUT2D eigenvalue weighted by Crippen LogP contribution is 2.39. The second kappa shape index (κ2) is 8.02. The van der Waals surface area contributed by atoms with Crippen LogP contribution in [0.4, 0.5) is 10.1 Å². The molecule has 1 saturated heterocycles. The number of carbonyl (C=O) groups is 2. The lowest BCUT2D eigenvalue weighted by Gasteiger charge is -2.37. The van der Waals surface area contributed by atoms with Crippen molar-refractivity contribution in [1.82, 2.24) is 4.90 Å². The zero-order valence-corrected chi connectivity index (χ0v) is 17.9. The number of imide groups is 1. The van der Waals surface area contributed by atoms with Gasteiger partial charge in [-0.1, -0.05) is 35.3 Å². The highest BCUT2D eigenvalue weighted by Gasteiger charge is 2.44.